The van der Waals surface area contributed by atoms with Crippen molar-refractivity contribution in [3.8, 4) is 11.5 Å². The Bertz CT molecular complexity index is 950. The number of benzene rings is 3. The predicted molar refractivity (Wildman–Crippen MR) is 115 cm³/mol. The Kier molecular flexibility index (Phi) is 7.30. The Hall–Kier alpha value is -3.50. The van der Waals surface area contributed by atoms with E-state index in [2.05, 4.69) is 11.9 Å². The SMILES string of the molecule is C=CC(NC(=O)OCc1ccccc1)P(=O)(Oc1ccccc1)Oc1ccccc1. The minimum Gasteiger partial charge on any atom is -0.445 e. The molecule has 0 aromatic heterocycles. The van der Waals surface area contributed by atoms with Gasteiger partial charge in [0.15, 0.2) is 5.78 Å². The van der Waals surface area contributed by atoms with Crippen LogP contribution in [0, 0.1) is 0 Å². The molecule has 3 aromatic carbocycles. The smallest absolute Gasteiger partial charge is 0.445 e. The fraction of sp³-hybridized carbons (Fsp3) is 0.0870. The lowest BCUT2D eigenvalue weighted by Crippen LogP contribution is -2.36. The molecule has 3 rings (SSSR count). The van der Waals surface area contributed by atoms with Gasteiger partial charge in [-0.25, -0.2) is 9.36 Å². The molecule has 1 atom stereocenters. The minimum absolute atomic E-state index is 0.0694. The lowest BCUT2D eigenvalue weighted by molar-refractivity contribution is 0.138. The van der Waals surface area contributed by atoms with Crippen LogP contribution in [0.1, 0.15) is 5.56 Å². The number of para-hydroxylation sites is 2. The first-order chi connectivity index (χ1) is 14.6. The number of alkyl carbamates (subject to hydrolysis) is 1. The van der Waals surface area contributed by atoms with Gasteiger partial charge in [0.1, 0.15) is 18.1 Å². The van der Waals surface area contributed by atoms with E-state index in [0.29, 0.717) is 11.5 Å². The van der Waals surface area contributed by atoms with Crippen LogP contribution in [0.25, 0.3) is 0 Å². The molecule has 30 heavy (non-hydrogen) atoms. The van der Waals surface area contributed by atoms with E-state index in [1.807, 2.05) is 30.3 Å². The van der Waals surface area contributed by atoms with Gasteiger partial charge in [0.25, 0.3) is 0 Å². The van der Waals surface area contributed by atoms with Crippen LogP contribution in [0.5, 0.6) is 11.5 Å². The summed E-state index contributed by atoms with van der Waals surface area (Å²) in [6.07, 6.45) is 0.536. The molecule has 0 saturated carbocycles. The van der Waals surface area contributed by atoms with Gasteiger partial charge < -0.3 is 19.1 Å². The van der Waals surface area contributed by atoms with Gasteiger partial charge in [-0.15, -0.1) is 6.58 Å². The molecule has 0 heterocycles. The van der Waals surface area contributed by atoms with Crippen molar-refractivity contribution in [1.82, 2.24) is 5.32 Å². The zero-order chi connectivity index (χ0) is 21.2. The van der Waals surface area contributed by atoms with Crippen LogP contribution < -0.4 is 14.4 Å². The highest BCUT2D eigenvalue weighted by atomic mass is 31.2. The van der Waals surface area contributed by atoms with E-state index in [1.165, 1.54) is 6.08 Å². The van der Waals surface area contributed by atoms with E-state index in [0.717, 1.165) is 5.56 Å². The van der Waals surface area contributed by atoms with E-state index in [4.69, 9.17) is 13.8 Å². The quantitative estimate of drug-likeness (QED) is 0.349. The monoisotopic (exact) mass is 423 g/mol. The number of amides is 1. The van der Waals surface area contributed by atoms with E-state index in [9.17, 15) is 9.36 Å². The van der Waals surface area contributed by atoms with E-state index in [1.54, 1.807) is 60.7 Å². The molecule has 6 nitrogen and oxygen atoms in total. The van der Waals surface area contributed by atoms with E-state index in [-0.39, 0.29) is 6.61 Å². The summed E-state index contributed by atoms with van der Waals surface area (Å²) < 4.78 is 30.4. The third-order valence-corrected chi connectivity index (χ3v) is 5.95. The topological polar surface area (TPSA) is 73.9 Å². The van der Waals surface area contributed by atoms with Crippen molar-refractivity contribution in [2.45, 2.75) is 12.4 Å². The number of nitrogens with one attached hydrogen (secondary N) is 1. The summed E-state index contributed by atoms with van der Waals surface area (Å²) in [5.41, 5.74) is 0.826. The molecule has 1 unspecified atom stereocenters. The second kappa shape index (κ2) is 10.3. The molecule has 1 amide bonds. The fourth-order valence-corrected chi connectivity index (χ4v) is 4.16. The predicted octanol–water partition coefficient (Wildman–Crippen LogP) is 5.78. The summed E-state index contributed by atoms with van der Waals surface area (Å²) in [7, 11) is -3.95. The number of hydrogen-bond acceptors (Lipinski definition) is 5. The largest absolute Gasteiger partial charge is 0.457 e. The summed E-state index contributed by atoms with van der Waals surface area (Å²) in [6, 6.07) is 26.4. The maximum atomic E-state index is 13.7. The summed E-state index contributed by atoms with van der Waals surface area (Å²) in [5.74, 6) is -0.465. The molecule has 0 radical (unpaired) electrons. The molecule has 0 bridgehead atoms. The summed E-state index contributed by atoms with van der Waals surface area (Å²) in [6.45, 7) is 3.75. The molecule has 0 aliphatic carbocycles. The normalized spacial score (nSPS) is 11.7. The molecular formula is C23H22NO5P. The van der Waals surface area contributed by atoms with Gasteiger partial charge in [-0.2, -0.15) is 0 Å². The van der Waals surface area contributed by atoms with Crippen LogP contribution in [0.15, 0.2) is 104 Å². The van der Waals surface area contributed by atoms with E-state index < -0.39 is 19.5 Å². The Morgan fingerprint density at radius 3 is 1.80 bits per heavy atom. The second-order valence-corrected chi connectivity index (χ2v) is 8.24. The lowest BCUT2D eigenvalue weighted by Gasteiger charge is -2.26. The zero-order valence-electron chi connectivity index (χ0n) is 16.2. The Morgan fingerprint density at radius 1 is 0.867 bits per heavy atom. The van der Waals surface area contributed by atoms with Crippen molar-refractivity contribution in [2.75, 3.05) is 0 Å². The van der Waals surface area contributed by atoms with Gasteiger partial charge in [0.2, 0.25) is 0 Å². The average molecular weight is 423 g/mol. The van der Waals surface area contributed by atoms with Crippen molar-refractivity contribution >= 4 is 13.7 Å². The van der Waals surface area contributed by atoms with Gasteiger partial charge >= 0.3 is 13.7 Å². The molecule has 0 saturated heterocycles. The fourth-order valence-electron chi connectivity index (χ4n) is 2.54. The molecule has 0 aliphatic rings. The Morgan fingerprint density at radius 2 is 1.33 bits per heavy atom. The van der Waals surface area contributed by atoms with Gasteiger partial charge in [0, 0.05) is 0 Å². The zero-order valence-corrected chi connectivity index (χ0v) is 17.1. The second-order valence-electron chi connectivity index (χ2n) is 6.24. The van der Waals surface area contributed by atoms with Crippen LogP contribution >= 0.6 is 7.60 Å². The molecule has 154 valence electrons. The van der Waals surface area contributed by atoms with Gasteiger partial charge in [0.05, 0.1) is 0 Å². The summed E-state index contributed by atoms with van der Waals surface area (Å²) >= 11 is 0. The maximum Gasteiger partial charge on any atom is 0.457 e. The van der Waals surface area contributed by atoms with Crippen molar-refractivity contribution in [2.24, 2.45) is 0 Å². The molecule has 0 aliphatic heterocycles. The first-order valence-electron chi connectivity index (χ1n) is 9.28. The highest BCUT2D eigenvalue weighted by Crippen LogP contribution is 2.52. The summed E-state index contributed by atoms with van der Waals surface area (Å²) in [5, 5.41) is 2.53. The Labute approximate surface area is 175 Å². The van der Waals surface area contributed by atoms with Gasteiger partial charge in [-0.1, -0.05) is 72.8 Å². The third-order valence-electron chi connectivity index (χ3n) is 3.99. The summed E-state index contributed by atoms with van der Waals surface area (Å²) in [4.78, 5) is 12.3. The molecule has 0 fully saturated rings. The molecule has 3 aromatic rings. The number of ether oxygens (including phenoxy) is 1. The number of rotatable bonds is 9. The number of carbonyl (C=O) groups is 1. The van der Waals surface area contributed by atoms with Crippen LogP contribution in [0.3, 0.4) is 0 Å². The first-order valence-corrected chi connectivity index (χ1v) is 10.9. The van der Waals surface area contributed by atoms with Gasteiger partial charge in [-0.05, 0) is 29.8 Å². The maximum absolute atomic E-state index is 13.7. The van der Waals surface area contributed by atoms with Crippen molar-refractivity contribution in [3.63, 3.8) is 0 Å². The van der Waals surface area contributed by atoms with Crippen LogP contribution in [0.2, 0.25) is 0 Å². The van der Waals surface area contributed by atoms with Crippen molar-refractivity contribution in [1.29, 1.82) is 0 Å². The first kappa shape index (κ1) is 21.2. The van der Waals surface area contributed by atoms with Crippen LogP contribution in [-0.2, 0) is 15.9 Å². The van der Waals surface area contributed by atoms with Crippen LogP contribution in [-0.4, -0.2) is 11.9 Å². The standard InChI is InChI=1S/C23H22NO5P/c1-2-22(24-23(25)27-18-19-12-6-3-7-13-19)30(26,28-20-14-8-4-9-15-20)29-21-16-10-5-11-17-21/h2-17,22H,1,18H2,(H,24,25). The Balaban J connectivity index is 1.76. The van der Waals surface area contributed by atoms with Crippen molar-refractivity contribution < 1.29 is 23.1 Å². The van der Waals surface area contributed by atoms with Crippen molar-refractivity contribution in [3.05, 3.63) is 109 Å². The van der Waals surface area contributed by atoms with Crippen LogP contribution in [0.4, 0.5) is 4.79 Å². The highest BCUT2D eigenvalue weighted by Gasteiger charge is 2.39. The molecule has 0 spiro atoms. The highest BCUT2D eigenvalue weighted by molar-refractivity contribution is 7.55. The molecule has 7 heteroatoms. The van der Waals surface area contributed by atoms with E-state index >= 15 is 0 Å². The van der Waals surface area contributed by atoms with Gasteiger partial charge in [-0.3, -0.25) is 0 Å². The number of carbonyl (C=O) groups excluding carboxylic acids is 1. The minimum atomic E-state index is -3.95. The molecule has 1 N–H and O–H groups in total. The number of hydrogen-bond donors (Lipinski definition) is 1. The average Bonchev–Trinajstić information content (AvgIpc) is 2.78. The lowest BCUT2D eigenvalue weighted by atomic mass is 10.2. The molecular weight excluding hydrogens is 401 g/mol. The third kappa shape index (κ3) is 6.00.